The number of hydrogen-bond acceptors (Lipinski definition) is 2. The van der Waals surface area contributed by atoms with Crippen molar-refractivity contribution in [3.05, 3.63) is 35.4 Å². The second-order valence-corrected chi connectivity index (χ2v) is 7.02. The predicted octanol–water partition coefficient (Wildman–Crippen LogP) is 3.76. The number of carbonyl (C=O) groups is 1. The van der Waals surface area contributed by atoms with Gasteiger partial charge in [-0.15, -0.1) is 0 Å². The summed E-state index contributed by atoms with van der Waals surface area (Å²) in [5.41, 5.74) is 2.13. The molecule has 0 aliphatic carbocycles. The smallest absolute Gasteiger partial charge is 0.254 e. The average Bonchev–Trinajstić information content (AvgIpc) is 2.52. The molecule has 1 aromatic carbocycles. The van der Waals surface area contributed by atoms with Gasteiger partial charge in [0.2, 0.25) is 0 Å². The van der Waals surface area contributed by atoms with E-state index in [0.717, 1.165) is 37.9 Å². The third-order valence-corrected chi connectivity index (χ3v) is 4.62. The van der Waals surface area contributed by atoms with Crippen LogP contribution in [0, 0.1) is 0 Å². The Morgan fingerprint density at radius 1 is 1.23 bits per heavy atom. The summed E-state index contributed by atoms with van der Waals surface area (Å²) in [6.07, 6.45) is 4.59. The zero-order valence-corrected chi connectivity index (χ0v) is 14.5. The van der Waals surface area contributed by atoms with Crippen molar-refractivity contribution in [3.8, 4) is 0 Å². The number of carbonyl (C=O) groups excluding carboxylic acids is 1. The quantitative estimate of drug-likeness (QED) is 0.827. The molecule has 3 nitrogen and oxygen atoms in total. The molecule has 22 heavy (non-hydrogen) atoms. The lowest BCUT2D eigenvalue weighted by Crippen LogP contribution is -2.44. The first-order valence-corrected chi connectivity index (χ1v) is 8.54. The average molecular weight is 302 g/mol. The van der Waals surface area contributed by atoms with Gasteiger partial charge in [0.25, 0.3) is 5.91 Å². The van der Waals surface area contributed by atoms with Crippen LogP contribution in [-0.4, -0.2) is 48.9 Å². The van der Waals surface area contributed by atoms with E-state index < -0.39 is 0 Å². The number of amides is 1. The van der Waals surface area contributed by atoms with Gasteiger partial charge in [-0.25, -0.2) is 0 Å². The van der Waals surface area contributed by atoms with Gasteiger partial charge in [0.1, 0.15) is 0 Å². The molecular formula is C19H30N2O. The highest BCUT2D eigenvalue weighted by Gasteiger charge is 2.27. The van der Waals surface area contributed by atoms with Crippen LogP contribution in [0.5, 0.6) is 0 Å². The van der Waals surface area contributed by atoms with Crippen molar-refractivity contribution in [1.29, 1.82) is 0 Å². The second kappa shape index (κ2) is 7.77. The fourth-order valence-electron chi connectivity index (χ4n) is 3.15. The van der Waals surface area contributed by atoms with Crippen LogP contribution in [0.15, 0.2) is 24.3 Å². The van der Waals surface area contributed by atoms with Gasteiger partial charge in [-0.1, -0.05) is 26.0 Å². The van der Waals surface area contributed by atoms with Crippen molar-refractivity contribution < 1.29 is 4.79 Å². The first kappa shape index (κ1) is 17.0. The van der Waals surface area contributed by atoms with E-state index in [9.17, 15) is 4.79 Å². The van der Waals surface area contributed by atoms with E-state index in [1.807, 2.05) is 12.1 Å². The summed E-state index contributed by atoms with van der Waals surface area (Å²) in [7, 11) is 4.19. The van der Waals surface area contributed by atoms with Gasteiger partial charge in [0.15, 0.2) is 0 Å². The molecule has 1 unspecified atom stereocenters. The van der Waals surface area contributed by atoms with Gasteiger partial charge < -0.3 is 9.80 Å². The van der Waals surface area contributed by atoms with E-state index in [-0.39, 0.29) is 5.91 Å². The van der Waals surface area contributed by atoms with Gasteiger partial charge in [-0.05, 0) is 69.9 Å². The minimum Gasteiger partial charge on any atom is -0.336 e. The third kappa shape index (κ3) is 4.33. The number of benzene rings is 1. The summed E-state index contributed by atoms with van der Waals surface area (Å²) in [6, 6.07) is 8.58. The Bertz CT molecular complexity index is 479. The van der Waals surface area contributed by atoms with Crippen LogP contribution < -0.4 is 0 Å². The number of likely N-dealkylation sites (tertiary alicyclic amines) is 1. The molecule has 1 atom stereocenters. The Morgan fingerprint density at radius 2 is 1.91 bits per heavy atom. The molecule has 1 aliphatic heterocycles. The van der Waals surface area contributed by atoms with Crippen molar-refractivity contribution in [2.75, 3.05) is 27.2 Å². The Labute approximate surface area is 135 Å². The summed E-state index contributed by atoms with van der Waals surface area (Å²) in [4.78, 5) is 17.2. The summed E-state index contributed by atoms with van der Waals surface area (Å²) in [6.45, 7) is 6.31. The topological polar surface area (TPSA) is 23.6 Å². The molecule has 0 saturated carbocycles. The number of nitrogens with zero attached hydrogens (tertiary/aromatic N) is 2. The summed E-state index contributed by atoms with van der Waals surface area (Å²) < 4.78 is 0. The molecule has 1 aliphatic rings. The second-order valence-electron chi connectivity index (χ2n) is 7.02. The zero-order chi connectivity index (χ0) is 16.1. The van der Waals surface area contributed by atoms with Crippen LogP contribution in [0.4, 0.5) is 0 Å². The fourth-order valence-corrected chi connectivity index (χ4v) is 3.15. The minimum absolute atomic E-state index is 0.207. The van der Waals surface area contributed by atoms with E-state index in [2.05, 4.69) is 49.9 Å². The van der Waals surface area contributed by atoms with E-state index in [1.54, 1.807) is 0 Å². The molecule has 0 radical (unpaired) electrons. The van der Waals surface area contributed by atoms with Crippen molar-refractivity contribution in [3.63, 3.8) is 0 Å². The molecule has 1 fully saturated rings. The Morgan fingerprint density at radius 3 is 2.50 bits per heavy atom. The lowest BCUT2D eigenvalue weighted by Gasteiger charge is -2.36. The van der Waals surface area contributed by atoms with Crippen LogP contribution in [0.2, 0.25) is 0 Å². The normalized spacial score (nSPS) is 19.0. The third-order valence-electron chi connectivity index (χ3n) is 4.62. The maximum atomic E-state index is 12.8. The van der Waals surface area contributed by atoms with Crippen LogP contribution in [0.1, 0.15) is 61.4 Å². The first-order valence-electron chi connectivity index (χ1n) is 8.54. The van der Waals surface area contributed by atoms with E-state index >= 15 is 0 Å². The molecule has 3 heteroatoms. The van der Waals surface area contributed by atoms with Crippen molar-refractivity contribution >= 4 is 5.91 Å². The number of hydrogen-bond donors (Lipinski definition) is 0. The molecule has 0 aromatic heterocycles. The molecule has 1 saturated heterocycles. The Balaban J connectivity index is 2.07. The molecule has 1 heterocycles. The SMILES string of the molecule is CC(C)c1ccc(C(=O)N2CCCCC2CCN(C)C)cc1. The summed E-state index contributed by atoms with van der Waals surface area (Å²) >= 11 is 0. The van der Waals surface area contributed by atoms with Gasteiger partial charge in [0.05, 0.1) is 0 Å². The largest absolute Gasteiger partial charge is 0.336 e. The molecule has 0 bridgehead atoms. The Hall–Kier alpha value is -1.35. The van der Waals surface area contributed by atoms with Gasteiger partial charge in [-0.3, -0.25) is 4.79 Å². The highest BCUT2D eigenvalue weighted by Crippen LogP contribution is 2.23. The Kier molecular flexibility index (Phi) is 6.01. The van der Waals surface area contributed by atoms with E-state index in [1.165, 1.54) is 12.0 Å². The van der Waals surface area contributed by atoms with Crippen LogP contribution in [0.3, 0.4) is 0 Å². The highest BCUT2D eigenvalue weighted by atomic mass is 16.2. The zero-order valence-electron chi connectivity index (χ0n) is 14.5. The fraction of sp³-hybridized carbons (Fsp3) is 0.632. The molecule has 1 aromatic rings. The lowest BCUT2D eigenvalue weighted by atomic mass is 9.97. The maximum absolute atomic E-state index is 12.8. The molecule has 1 amide bonds. The highest BCUT2D eigenvalue weighted by molar-refractivity contribution is 5.94. The summed E-state index contributed by atoms with van der Waals surface area (Å²) in [5, 5.41) is 0. The molecule has 0 N–H and O–H groups in total. The van der Waals surface area contributed by atoms with Gasteiger partial charge >= 0.3 is 0 Å². The van der Waals surface area contributed by atoms with E-state index in [0.29, 0.717) is 12.0 Å². The molecule has 2 rings (SSSR count). The first-order chi connectivity index (χ1) is 10.5. The van der Waals surface area contributed by atoms with E-state index in [4.69, 9.17) is 0 Å². The maximum Gasteiger partial charge on any atom is 0.254 e. The number of rotatable bonds is 5. The van der Waals surface area contributed by atoms with Crippen molar-refractivity contribution in [1.82, 2.24) is 9.80 Å². The van der Waals surface area contributed by atoms with Crippen molar-refractivity contribution in [2.24, 2.45) is 0 Å². The molecule has 0 spiro atoms. The number of piperidine rings is 1. The molecular weight excluding hydrogens is 272 g/mol. The monoisotopic (exact) mass is 302 g/mol. The summed E-state index contributed by atoms with van der Waals surface area (Å²) in [5.74, 6) is 0.714. The van der Waals surface area contributed by atoms with Crippen LogP contribution in [-0.2, 0) is 0 Å². The van der Waals surface area contributed by atoms with Gasteiger partial charge in [-0.2, -0.15) is 0 Å². The minimum atomic E-state index is 0.207. The standard InChI is InChI=1S/C19H30N2O/c1-15(2)16-8-10-17(11-9-16)19(22)21-13-6-5-7-18(21)12-14-20(3)4/h8-11,15,18H,5-7,12-14H2,1-4H3. The molecule has 122 valence electrons. The van der Waals surface area contributed by atoms with Gasteiger partial charge in [0, 0.05) is 18.2 Å². The lowest BCUT2D eigenvalue weighted by molar-refractivity contribution is 0.0591. The van der Waals surface area contributed by atoms with Crippen LogP contribution >= 0.6 is 0 Å². The predicted molar refractivity (Wildman–Crippen MR) is 92.4 cm³/mol. The van der Waals surface area contributed by atoms with Crippen molar-refractivity contribution in [2.45, 2.75) is 51.5 Å². The van der Waals surface area contributed by atoms with Crippen LogP contribution in [0.25, 0.3) is 0 Å².